The van der Waals surface area contributed by atoms with Gasteiger partial charge in [0.2, 0.25) is 5.91 Å². The van der Waals surface area contributed by atoms with Crippen LogP contribution in [-0.4, -0.2) is 10.9 Å². The average molecular weight is 348 g/mol. The second-order valence-electron chi connectivity index (χ2n) is 6.88. The molecule has 0 spiro atoms. The van der Waals surface area contributed by atoms with E-state index in [4.69, 9.17) is 0 Å². The standard InChI is InChI=1S/C22H21FN2O/c1-22(2,14-4-6-16-10-12-18(23)13-11-16)21(26)25-19-9-3-7-17-8-5-15-24-20(17)19/h3-13,15H,14H2,1-2H3,(H,25,26)/b6-4+. The number of pyridine rings is 1. The zero-order valence-electron chi connectivity index (χ0n) is 14.9. The first kappa shape index (κ1) is 17.8. The van der Waals surface area contributed by atoms with E-state index in [0.717, 1.165) is 16.5 Å². The molecule has 0 aliphatic rings. The van der Waals surface area contributed by atoms with Crippen molar-refractivity contribution < 1.29 is 9.18 Å². The molecule has 0 atom stereocenters. The highest BCUT2D eigenvalue weighted by molar-refractivity contribution is 6.02. The number of para-hydroxylation sites is 1. The number of nitrogens with one attached hydrogen (secondary N) is 1. The molecule has 0 aliphatic heterocycles. The van der Waals surface area contributed by atoms with Gasteiger partial charge in [0.25, 0.3) is 0 Å². The molecule has 4 heteroatoms. The molecule has 0 bridgehead atoms. The molecule has 1 N–H and O–H groups in total. The molecule has 3 aromatic rings. The number of amides is 1. The van der Waals surface area contributed by atoms with Gasteiger partial charge in [0.1, 0.15) is 5.82 Å². The van der Waals surface area contributed by atoms with Crippen LogP contribution in [0.4, 0.5) is 10.1 Å². The van der Waals surface area contributed by atoms with Gasteiger partial charge in [-0.2, -0.15) is 0 Å². The van der Waals surface area contributed by atoms with E-state index in [0.29, 0.717) is 12.1 Å². The van der Waals surface area contributed by atoms with E-state index in [9.17, 15) is 9.18 Å². The summed E-state index contributed by atoms with van der Waals surface area (Å²) in [7, 11) is 0. The van der Waals surface area contributed by atoms with Crippen molar-refractivity contribution in [3.05, 3.63) is 78.3 Å². The van der Waals surface area contributed by atoms with Crippen molar-refractivity contribution in [1.29, 1.82) is 0 Å². The Kier molecular flexibility index (Phi) is 5.12. The van der Waals surface area contributed by atoms with Gasteiger partial charge in [-0.3, -0.25) is 9.78 Å². The van der Waals surface area contributed by atoms with Crippen LogP contribution in [0.5, 0.6) is 0 Å². The summed E-state index contributed by atoms with van der Waals surface area (Å²) < 4.78 is 12.9. The number of benzene rings is 2. The van der Waals surface area contributed by atoms with Crippen LogP contribution in [0.1, 0.15) is 25.8 Å². The number of fused-ring (bicyclic) bond motifs is 1. The lowest BCUT2D eigenvalue weighted by molar-refractivity contribution is -0.123. The van der Waals surface area contributed by atoms with Gasteiger partial charge in [-0.15, -0.1) is 0 Å². The highest BCUT2D eigenvalue weighted by Crippen LogP contribution is 2.27. The summed E-state index contributed by atoms with van der Waals surface area (Å²) in [4.78, 5) is 17.1. The molecule has 0 saturated carbocycles. The SMILES string of the molecule is CC(C)(C/C=C/c1ccc(F)cc1)C(=O)Nc1cccc2cccnc12. The predicted molar refractivity (Wildman–Crippen MR) is 104 cm³/mol. The van der Waals surface area contributed by atoms with Crippen LogP contribution in [0.3, 0.4) is 0 Å². The Morgan fingerprint density at radius 2 is 1.85 bits per heavy atom. The lowest BCUT2D eigenvalue weighted by atomic mass is 9.87. The van der Waals surface area contributed by atoms with Crippen LogP contribution in [0, 0.1) is 11.2 Å². The number of allylic oxidation sites excluding steroid dienone is 1. The Labute approximate surface area is 152 Å². The van der Waals surface area contributed by atoms with E-state index in [2.05, 4.69) is 10.3 Å². The number of hydrogen-bond acceptors (Lipinski definition) is 2. The summed E-state index contributed by atoms with van der Waals surface area (Å²) in [6.45, 7) is 3.80. The quantitative estimate of drug-likeness (QED) is 0.667. The predicted octanol–water partition coefficient (Wildman–Crippen LogP) is 5.44. The second-order valence-corrected chi connectivity index (χ2v) is 6.88. The molecule has 0 fully saturated rings. The maximum absolute atomic E-state index is 12.9. The number of carbonyl (C=O) groups excluding carboxylic acids is 1. The monoisotopic (exact) mass is 348 g/mol. The van der Waals surface area contributed by atoms with Gasteiger partial charge in [0.15, 0.2) is 0 Å². The molecule has 26 heavy (non-hydrogen) atoms. The molecule has 132 valence electrons. The molecule has 0 saturated heterocycles. The molecule has 0 aliphatic carbocycles. The van der Waals surface area contributed by atoms with Crippen molar-refractivity contribution in [3.63, 3.8) is 0 Å². The Hall–Kier alpha value is -3.01. The summed E-state index contributed by atoms with van der Waals surface area (Å²) in [6, 6.07) is 15.8. The Morgan fingerprint density at radius 1 is 1.12 bits per heavy atom. The molecule has 2 aromatic carbocycles. The minimum atomic E-state index is -0.590. The van der Waals surface area contributed by atoms with E-state index < -0.39 is 5.41 Å². The van der Waals surface area contributed by atoms with E-state index in [1.165, 1.54) is 12.1 Å². The molecule has 1 aromatic heterocycles. The smallest absolute Gasteiger partial charge is 0.230 e. The first-order valence-corrected chi connectivity index (χ1v) is 8.53. The van der Waals surface area contributed by atoms with Crippen LogP contribution < -0.4 is 5.32 Å². The summed E-state index contributed by atoms with van der Waals surface area (Å²) >= 11 is 0. The van der Waals surface area contributed by atoms with E-state index in [1.54, 1.807) is 18.3 Å². The number of anilines is 1. The Balaban J connectivity index is 1.70. The third-order valence-electron chi connectivity index (χ3n) is 4.30. The third kappa shape index (κ3) is 4.14. The third-order valence-corrected chi connectivity index (χ3v) is 4.30. The van der Waals surface area contributed by atoms with Crippen LogP contribution in [0.15, 0.2) is 66.9 Å². The van der Waals surface area contributed by atoms with Crippen molar-refractivity contribution >= 4 is 28.6 Å². The molecule has 1 amide bonds. The van der Waals surface area contributed by atoms with Crippen molar-refractivity contribution in [1.82, 2.24) is 4.98 Å². The zero-order chi connectivity index (χ0) is 18.6. The molecule has 3 rings (SSSR count). The van der Waals surface area contributed by atoms with Crippen molar-refractivity contribution in [2.75, 3.05) is 5.32 Å². The van der Waals surface area contributed by atoms with Crippen molar-refractivity contribution in [2.24, 2.45) is 5.41 Å². The Bertz CT molecular complexity index is 941. The van der Waals surface area contributed by atoms with Crippen LogP contribution >= 0.6 is 0 Å². The number of carbonyl (C=O) groups is 1. The first-order valence-electron chi connectivity index (χ1n) is 8.53. The second kappa shape index (κ2) is 7.48. The fourth-order valence-electron chi connectivity index (χ4n) is 2.65. The van der Waals surface area contributed by atoms with Crippen LogP contribution in [-0.2, 0) is 4.79 Å². The summed E-state index contributed by atoms with van der Waals surface area (Å²) in [5, 5.41) is 3.98. The van der Waals surface area contributed by atoms with Gasteiger partial charge in [0, 0.05) is 17.0 Å². The molecule has 0 radical (unpaired) electrons. The minimum absolute atomic E-state index is 0.0700. The minimum Gasteiger partial charge on any atom is -0.324 e. The van der Waals surface area contributed by atoms with Gasteiger partial charge in [-0.25, -0.2) is 4.39 Å². The highest BCUT2D eigenvalue weighted by Gasteiger charge is 2.26. The van der Waals surface area contributed by atoms with Gasteiger partial charge in [-0.05, 0) is 36.2 Å². The van der Waals surface area contributed by atoms with E-state index in [1.807, 2.05) is 56.3 Å². The largest absolute Gasteiger partial charge is 0.324 e. The van der Waals surface area contributed by atoms with Crippen LogP contribution in [0.2, 0.25) is 0 Å². The molecular formula is C22H21FN2O. The fraction of sp³-hybridized carbons (Fsp3) is 0.182. The van der Waals surface area contributed by atoms with Gasteiger partial charge >= 0.3 is 0 Å². The highest BCUT2D eigenvalue weighted by atomic mass is 19.1. The molecule has 3 nitrogen and oxygen atoms in total. The van der Waals surface area contributed by atoms with Crippen molar-refractivity contribution in [3.8, 4) is 0 Å². The molecule has 1 heterocycles. The van der Waals surface area contributed by atoms with Gasteiger partial charge in [0.05, 0.1) is 11.2 Å². The number of rotatable bonds is 5. The number of hydrogen-bond donors (Lipinski definition) is 1. The average Bonchev–Trinajstić information content (AvgIpc) is 2.63. The number of halogens is 1. The zero-order valence-corrected chi connectivity index (χ0v) is 14.9. The topological polar surface area (TPSA) is 42.0 Å². The van der Waals surface area contributed by atoms with E-state index in [-0.39, 0.29) is 11.7 Å². The first-order chi connectivity index (χ1) is 12.5. The summed E-state index contributed by atoms with van der Waals surface area (Å²) in [5.41, 5.74) is 1.80. The number of nitrogens with zero attached hydrogens (tertiary/aromatic N) is 1. The maximum atomic E-state index is 12.9. The maximum Gasteiger partial charge on any atom is 0.230 e. The number of aromatic nitrogens is 1. The summed E-state index contributed by atoms with van der Waals surface area (Å²) in [5.74, 6) is -0.329. The normalized spacial score (nSPS) is 11.8. The van der Waals surface area contributed by atoms with E-state index >= 15 is 0 Å². The van der Waals surface area contributed by atoms with Crippen LogP contribution in [0.25, 0.3) is 17.0 Å². The lowest BCUT2D eigenvalue weighted by Crippen LogP contribution is -2.30. The summed E-state index contributed by atoms with van der Waals surface area (Å²) in [6.07, 6.45) is 6.12. The molecule has 0 unspecified atom stereocenters. The Morgan fingerprint density at radius 3 is 2.62 bits per heavy atom. The van der Waals surface area contributed by atoms with Crippen molar-refractivity contribution in [2.45, 2.75) is 20.3 Å². The fourth-order valence-corrected chi connectivity index (χ4v) is 2.65. The van der Waals surface area contributed by atoms with Gasteiger partial charge in [-0.1, -0.05) is 56.3 Å². The molecular weight excluding hydrogens is 327 g/mol. The lowest BCUT2D eigenvalue weighted by Gasteiger charge is -2.22. The van der Waals surface area contributed by atoms with Gasteiger partial charge < -0.3 is 5.32 Å².